The van der Waals surface area contributed by atoms with Gasteiger partial charge in [0.15, 0.2) is 0 Å². The quantitative estimate of drug-likeness (QED) is 0.168. The van der Waals surface area contributed by atoms with E-state index in [4.69, 9.17) is 9.15 Å². The van der Waals surface area contributed by atoms with Crippen molar-refractivity contribution in [1.29, 1.82) is 0 Å². The molecule has 1 aromatic heterocycles. The lowest BCUT2D eigenvalue weighted by atomic mass is 9.90. The van der Waals surface area contributed by atoms with Crippen molar-refractivity contribution in [1.82, 2.24) is 0 Å². The smallest absolute Gasteiger partial charge is 0.143 e. The van der Waals surface area contributed by atoms with Gasteiger partial charge in [0, 0.05) is 56.0 Å². The van der Waals surface area contributed by atoms with E-state index in [9.17, 15) is 0 Å². The van der Waals surface area contributed by atoms with Crippen LogP contribution in [0.25, 0.3) is 88.3 Å². The number of hydrogen-bond acceptors (Lipinski definition) is 3. The number of fused-ring (bicyclic) bond motifs is 10. The van der Waals surface area contributed by atoms with Crippen molar-refractivity contribution in [3.63, 3.8) is 0 Å². The molecule has 0 N–H and O–H groups in total. The van der Waals surface area contributed by atoms with E-state index in [1.807, 2.05) is 12.1 Å². The fourth-order valence-electron chi connectivity index (χ4n) is 9.09. The van der Waals surface area contributed by atoms with Crippen LogP contribution in [-0.2, 0) is 0 Å². The number of furan rings is 1. The van der Waals surface area contributed by atoms with Crippen molar-refractivity contribution in [3.8, 4) is 67.1 Å². The van der Waals surface area contributed by atoms with Gasteiger partial charge in [-0.25, -0.2) is 0 Å². The van der Waals surface area contributed by atoms with Gasteiger partial charge in [-0.15, -0.1) is 0 Å². The highest BCUT2D eigenvalue weighted by molar-refractivity contribution is 6.09. The maximum Gasteiger partial charge on any atom is 0.143 e. The van der Waals surface area contributed by atoms with Crippen LogP contribution in [0.4, 0.5) is 17.1 Å². The van der Waals surface area contributed by atoms with Crippen LogP contribution in [0.5, 0.6) is 11.5 Å². The topological polar surface area (TPSA) is 25.6 Å². The minimum Gasteiger partial charge on any atom is -0.455 e. The fraction of sp³-hybridized carbons (Fsp3) is 0. The van der Waals surface area contributed by atoms with Crippen LogP contribution in [-0.4, -0.2) is 0 Å². The van der Waals surface area contributed by atoms with E-state index in [2.05, 4.69) is 217 Å². The first kappa shape index (κ1) is 34.9. The van der Waals surface area contributed by atoms with E-state index in [1.165, 1.54) is 22.3 Å². The summed E-state index contributed by atoms with van der Waals surface area (Å²) in [5, 5.41) is 4.47. The Morgan fingerprint density at radius 1 is 0.311 bits per heavy atom. The van der Waals surface area contributed by atoms with Crippen molar-refractivity contribution in [2.24, 2.45) is 0 Å². The molecule has 1 aliphatic rings. The molecule has 0 amide bonds. The molecule has 286 valence electrons. The molecule has 0 saturated heterocycles. The van der Waals surface area contributed by atoms with Gasteiger partial charge < -0.3 is 14.1 Å². The van der Waals surface area contributed by atoms with Gasteiger partial charge in [-0.3, -0.25) is 0 Å². The standard InChI is InChI=1S/C58H37NO2/c1-3-12-38(13-4-1)40-22-28-44(29-23-40)59(45-30-24-42(25-31-45)48-19-11-20-52-50-18-9-10-21-55(50)60-57(48)52)46-32-35-51-49-33-27-43(39-14-5-2-6-15-39)36-54(49)53-34-26-41-16-7-8-17-47(41)58(53)61-56(51)37-46/h1-37H. The Kier molecular flexibility index (Phi) is 8.17. The Morgan fingerprint density at radius 3 is 1.66 bits per heavy atom. The Morgan fingerprint density at radius 2 is 0.885 bits per heavy atom. The zero-order valence-corrected chi connectivity index (χ0v) is 33.1. The molecule has 0 aliphatic carbocycles. The summed E-state index contributed by atoms with van der Waals surface area (Å²) < 4.78 is 13.6. The number of anilines is 3. The molecule has 0 spiro atoms. The molecule has 11 aromatic rings. The van der Waals surface area contributed by atoms with Crippen LogP contribution >= 0.6 is 0 Å². The third-order valence-electron chi connectivity index (χ3n) is 12.1. The van der Waals surface area contributed by atoms with Gasteiger partial charge in [-0.2, -0.15) is 0 Å². The van der Waals surface area contributed by atoms with Crippen LogP contribution in [0.15, 0.2) is 229 Å². The number of hydrogen-bond donors (Lipinski definition) is 0. The van der Waals surface area contributed by atoms with Gasteiger partial charge in [-0.05, 0) is 98.9 Å². The molecule has 2 heterocycles. The summed E-state index contributed by atoms with van der Waals surface area (Å²) >= 11 is 0. The molecular weight excluding hydrogens is 743 g/mol. The normalized spacial score (nSPS) is 11.7. The lowest BCUT2D eigenvalue weighted by molar-refractivity contribution is 0.493. The van der Waals surface area contributed by atoms with Crippen molar-refractivity contribution >= 4 is 49.8 Å². The van der Waals surface area contributed by atoms with Gasteiger partial charge in [0.25, 0.3) is 0 Å². The first-order valence-electron chi connectivity index (χ1n) is 20.7. The molecule has 3 heteroatoms. The second kappa shape index (κ2) is 14.3. The minimum absolute atomic E-state index is 0.806. The van der Waals surface area contributed by atoms with Crippen molar-refractivity contribution in [2.75, 3.05) is 4.90 Å². The van der Waals surface area contributed by atoms with Gasteiger partial charge in [0.1, 0.15) is 22.7 Å². The van der Waals surface area contributed by atoms with E-state index in [-0.39, 0.29) is 0 Å². The molecule has 0 bridgehead atoms. The van der Waals surface area contributed by atoms with Crippen LogP contribution in [0.1, 0.15) is 0 Å². The molecule has 0 atom stereocenters. The molecule has 3 nitrogen and oxygen atoms in total. The maximum absolute atomic E-state index is 7.19. The molecule has 10 aromatic carbocycles. The maximum atomic E-state index is 7.19. The first-order chi connectivity index (χ1) is 30.2. The second-order valence-electron chi connectivity index (χ2n) is 15.6. The summed E-state index contributed by atoms with van der Waals surface area (Å²) in [7, 11) is 0. The molecule has 0 fully saturated rings. The Hall–Kier alpha value is -8.14. The SMILES string of the molecule is c1ccc(-c2ccc(N(c3ccc(-c4cccc5c4oc4ccccc45)cc3)c3ccc4c(c3)Oc3c(ccc5ccccc35)-c3cc(-c5ccccc5)ccc3-4)cc2)cc1. The summed E-state index contributed by atoms with van der Waals surface area (Å²) in [5.41, 5.74) is 16.1. The van der Waals surface area contributed by atoms with Crippen LogP contribution < -0.4 is 9.64 Å². The largest absolute Gasteiger partial charge is 0.455 e. The first-order valence-corrected chi connectivity index (χ1v) is 20.7. The van der Waals surface area contributed by atoms with Gasteiger partial charge >= 0.3 is 0 Å². The summed E-state index contributed by atoms with van der Waals surface area (Å²) in [6, 6.07) is 79.8. The molecule has 1 aliphatic heterocycles. The third-order valence-corrected chi connectivity index (χ3v) is 12.1. The minimum atomic E-state index is 0.806. The zero-order valence-electron chi connectivity index (χ0n) is 33.1. The molecule has 12 rings (SSSR count). The van der Waals surface area contributed by atoms with Crippen molar-refractivity contribution < 1.29 is 9.15 Å². The molecule has 0 radical (unpaired) electrons. The highest BCUT2D eigenvalue weighted by Crippen LogP contribution is 2.52. The van der Waals surface area contributed by atoms with E-state index in [0.717, 1.165) is 94.7 Å². The lowest BCUT2D eigenvalue weighted by Crippen LogP contribution is -2.10. The van der Waals surface area contributed by atoms with Crippen LogP contribution in [0, 0.1) is 0 Å². The summed E-state index contributed by atoms with van der Waals surface area (Å²) in [6.45, 7) is 0. The lowest BCUT2D eigenvalue weighted by Gasteiger charge is -2.27. The van der Waals surface area contributed by atoms with E-state index in [0.29, 0.717) is 0 Å². The second-order valence-corrected chi connectivity index (χ2v) is 15.6. The number of benzene rings is 10. The number of para-hydroxylation sites is 2. The highest BCUT2D eigenvalue weighted by atomic mass is 16.5. The van der Waals surface area contributed by atoms with Crippen LogP contribution in [0.2, 0.25) is 0 Å². The zero-order chi connectivity index (χ0) is 40.3. The van der Waals surface area contributed by atoms with Gasteiger partial charge in [0.05, 0.1) is 0 Å². The van der Waals surface area contributed by atoms with Crippen molar-refractivity contribution in [2.45, 2.75) is 0 Å². The predicted octanol–water partition coefficient (Wildman–Crippen LogP) is 16.6. The number of rotatable bonds is 6. The Labute approximate surface area is 354 Å². The third kappa shape index (κ3) is 5.98. The van der Waals surface area contributed by atoms with E-state index < -0.39 is 0 Å². The number of ether oxygens (including phenoxy) is 1. The number of nitrogens with zero attached hydrogens (tertiary/aromatic N) is 1. The Bertz CT molecular complexity index is 3420. The van der Waals surface area contributed by atoms with Gasteiger partial charge in [0.2, 0.25) is 0 Å². The average molecular weight is 780 g/mol. The Balaban J connectivity index is 1.01. The summed E-state index contributed by atoms with van der Waals surface area (Å²) in [4.78, 5) is 2.32. The van der Waals surface area contributed by atoms with E-state index in [1.54, 1.807) is 0 Å². The summed E-state index contributed by atoms with van der Waals surface area (Å²) in [6.07, 6.45) is 0. The van der Waals surface area contributed by atoms with Gasteiger partial charge in [-0.1, -0.05) is 164 Å². The monoisotopic (exact) mass is 779 g/mol. The van der Waals surface area contributed by atoms with E-state index >= 15 is 0 Å². The predicted molar refractivity (Wildman–Crippen MR) is 253 cm³/mol. The summed E-state index contributed by atoms with van der Waals surface area (Å²) in [5.74, 6) is 1.67. The van der Waals surface area contributed by atoms with Crippen LogP contribution in [0.3, 0.4) is 0 Å². The average Bonchev–Trinajstić information content (AvgIpc) is 3.65. The highest BCUT2D eigenvalue weighted by Gasteiger charge is 2.25. The molecule has 0 unspecified atom stereocenters. The molecule has 0 saturated carbocycles. The fourth-order valence-corrected chi connectivity index (χ4v) is 9.09. The van der Waals surface area contributed by atoms with Crippen molar-refractivity contribution in [3.05, 3.63) is 224 Å². The molecular formula is C58H37NO2. The molecule has 61 heavy (non-hydrogen) atoms.